The van der Waals surface area contributed by atoms with Crippen molar-refractivity contribution in [3.63, 3.8) is 0 Å². The fraction of sp³-hybridized carbons (Fsp3) is 0.391. The second-order valence-corrected chi connectivity index (χ2v) is 6.98. The van der Waals surface area contributed by atoms with E-state index in [-0.39, 0.29) is 6.61 Å². The number of nitrogens with one attached hydrogen (secondary N) is 2. The molecule has 0 aliphatic carbocycles. The van der Waals surface area contributed by atoms with E-state index < -0.39 is 17.9 Å². The van der Waals surface area contributed by atoms with Crippen molar-refractivity contribution in [1.29, 1.82) is 0 Å². The third-order valence-electron chi connectivity index (χ3n) is 4.78. The van der Waals surface area contributed by atoms with Crippen LogP contribution in [0.1, 0.15) is 50.7 Å². The van der Waals surface area contributed by atoms with Crippen molar-refractivity contribution in [2.24, 2.45) is 0 Å². The maximum atomic E-state index is 12.3. The lowest BCUT2D eigenvalue weighted by Gasteiger charge is -2.18. The van der Waals surface area contributed by atoms with Crippen LogP contribution in [0.5, 0.6) is 11.5 Å². The van der Waals surface area contributed by atoms with Crippen LogP contribution in [0.2, 0.25) is 0 Å². The number of hydrazine groups is 1. The van der Waals surface area contributed by atoms with Crippen molar-refractivity contribution >= 4 is 11.8 Å². The molecule has 0 saturated carbocycles. The van der Waals surface area contributed by atoms with Crippen LogP contribution in [0.25, 0.3) is 0 Å². The summed E-state index contributed by atoms with van der Waals surface area (Å²) in [6.07, 6.45) is 0.828. The van der Waals surface area contributed by atoms with Gasteiger partial charge in [-0.25, -0.2) is 0 Å². The van der Waals surface area contributed by atoms with Crippen LogP contribution in [0, 0.1) is 6.92 Å². The van der Waals surface area contributed by atoms with Gasteiger partial charge < -0.3 is 9.47 Å². The van der Waals surface area contributed by atoms with Crippen molar-refractivity contribution in [1.82, 2.24) is 10.9 Å². The molecule has 2 rings (SSSR count). The topological polar surface area (TPSA) is 76.7 Å². The molecule has 2 atom stereocenters. The summed E-state index contributed by atoms with van der Waals surface area (Å²) in [5.74, 6) is 0.867. The number of rotatable bonds is 9. The fourth-order valence-electron chi connectivity index (χ4n) is 2.69. The van der Waals surface area contributed by atoms with Crippen molar-refractivity contribution in [3.8, 4) is 11.5 Å². The minimum Gasteiger partial charge on any atom is -0.484 e. The molecule has 0 saturated heterocycles. The Morgan fingerprint density at radius 3 is 2.28 bits per heavy atom. The summed E-state index contributed by atoms with van der Waals surface area (Å²) in [4.78, 5) is 24.3. The average molecular weight is 399 g/mol. The molecular weight excluding hydrogens is 368 g/mol. The van der Waals surface area contributed by atoms with Crippen LogP contribution in [-0.2, 0) is 9.59 Å². The van der Waals surface area contributed by atoms with Crippen molar-refractivity contribution < 1.29 is 19.1 Å². The normalized spacial score (nSPS) is 12.6. The van der Waals surface area contributed by atoms with Crippen LogP contribution in [0.3, 0.4) is 0 Å². The predicted molar refractivity (Wildman–Crippen MR) is 113 cm³/mol. The number of amides is 2. The van der Waals surface area contributed by atoms with Crippen LogP contribution >= 0.6 is 0 Å². The van der Waals surface area contributed by atoms with E-state index in [1.165, 1.54) is 5.56 Å². The van der Waals surface area contributed by atoms with Crippen LogP contribution in [0.4, 0.5) is 0 Å². The Bertz CT molecular complexity index is 805. The zero-order chi connectivity index (χ0) is 21.2. The Hall–Kier alpha value is -3.02. The maximum Gasteiger partial charge on any atom is 0.279 e. The largest absolute Gasteiger partial charge is 0.484 e. The Morgan fingerprint density at radius 1 is 0.966 bits per heavy atom. The lowest BCUT2D eigenvalue weighted by Crippen LogP contribution is -2.49. The molecule has 2 N–H and O–H groups in total. The number of aryl methyl sites for hydroxylation is 1. The molecule has 0 heterocycles. The molecule has 156 valence electrons. The van der Waals surface area contributed by atoms with Gasteiger partial charge in [0.2, 0.25) is 0 Å². The number of benzene rings is 2. The van der Waals surface area contributed by atoms with E-state index in [0.717, 1.165) is 12.0 Å². The molecule has 2 aromatic carbocycles. The molecule has 0 radical (unpaired) electrons. The van der Waals surface area contributed by atoms with Crippen molar-refractivity contribution in [2.45, 2.75) is 52.6 Å². The number of carbonyl (C=O) groups is 2. The Kier molecular flexibility index (Phi) is 8.52. The van der Waals surface area contributed by atoms with E-state index in [9.17, 15) is 9.59 Å². The molecule has 6 heteroatoms. The SMILES string of the molecule is CCC(Oc1ccccc1C)C(=O)NNC(=O)COc1ccc(C(C)CC)cc1. The predicted octanol–water partition coefficient (Wildman–Crippen LogP) is 3.89. The molecule has 0 aromatic heterocycles. The van der Waals surface area contributed by atoms with E-state index in [2.05, 4.69) is 24.7 Å². The minimum atomic E-state index is -0.703. The highest BCUT2D eigenvalue weighted by Gasteiger charge is 2.19. The highest BCUT2D eigenvalue weighted by Crippen LogP contribution is 2.21. The van der Waals surface area contributed by atoms with Crippen LogP contribution < -0.4 is 20.3 Å². The van der Waals surface area contributed by atoms with Gasteiger partial charge in [-0.15, -0.1) is 0 Å². The zero-order valence-electron chi connectivity index (χ0n) is 17.5. The fourth-order valence-corrected chi connectivity index (χ4v) is 2.69. The third-order valence-corrected chi connectivity index (χ3v) is 4.78. The second kappa shape index (κ2) is 11.1. The molecule has 0 bridgehead atoms. The standard InChI is InChI=1S/C23H30N2O4/c1-5-16(3)18-11-13-19(14-12-18)28-15-22(26)24-25-23(27)20(6-2)29-21-10-8-7-9-17(21)4/h7-14,16,20H,5-6,15H2,1-4H3,(H,24,26)(H,25,27). The Labute approximate surface area is 172 Å². The first-order valence-corrected chi connectivity index (χ1v) is 9.98. The van der Waals surface area contributed by atoms with Crippen LogP contribution in [0.15, 0.2) is 48.5 Å². The molecule has 2 amide bonds. The number of para-hydroxylation sites is 1. The highest BCUT2D eigenvalue weighted by atomic mass is 16.5. The van der Waals surface area contributed by atoms with Gasteiger partial charge in [0, 0.05) is 0 Å². The summed E-state index contributed by atoms with van der Waals surface area (Å²) in [5.41, 5.74) is 6.93. The average Bonchev–Trinajstić information content (AvgIpc) is 2.75. The molecule has 0 aliphatic rings. The number of hydrogen-bond acceptors (Lipinski definition) is 4. The van der Waals surface area contributed by atoms with E-state index in [4.69, 9.17) is 9.47 Å². The van der Waals surface area contributed by atoms with Crippen molar-refractivity contribution in [3.05, 3.63) is 59.7 Å². The van der Waals surface area contributed by atoms with Gasteiger partial charge in [0.1, 0.15) is 11.5 Å². The molecule has 0 aliphatic heterocycles. The molecule has 29 heavy (non-hydrogen) atoms. The van der Waals surface area contributed by atoms with Gasteiger partial charge in [-0.1, -0.05) is 51.1 Å². The summed E-state index contributed by atoms with van der Waals surface area (Å²) < 4.78 is 11.2. The van der Waals surface area contributed by atoms with Gasteiger partial charge in [-0.3, -0.25) is 20.4 Å². The number of hydrogen-bond donors (Lipinski definition) is 2. The van der Waals surface area contributed by atoms with Gasteiger partial charge in [0.25, 0.3) is 11.8 Å². The molecule has 0 fully saturated rings. The van der Waals surface area contributed by atoms with E-state index in [0.29, 0.717) is 23.8 Å². The summed E-state index contributed by atoms with van der Waals surface area (Å²) in [6, 6.07) is 15.2. The lowest BCUT2D eigenvalue weighted by molar-refractivity contribution is -0.134. The van der Waals surface area contributed by atoms with Gasteiger partial charge in [-0.2, -0.15) is 0 Å². The highest BCUT2D eigenvalue weighted by molar-refractivity contribution is 5.85. The van der Waals surface area contributed by atoms with Gasteiger partial charge in [0.15, 0.2) is 12.7 Å². The summed E-state index contributed by atoms with van der Waals surface area (Å²) in [6.45, 7) is 7.87. The molecular formula is C23H30N2O4. The summed E-state index contributed by atoms with van der Waals surface area (Å²) in [5, 5.41) is 0. The van der Waals surface area contributed by atoms with E-state index >= 15 is 0 Å². The summed E-state index contributed by atoms with van der Waals surface area (Å²) in [7, 11) is 0. The first-order chi connectivity index (χ1) is 13.9. The third kappa shape index (κ3) is 6.82. The second-order valence-electron chi connectivity index (χ2n) is 6.98. The van der Waals surface area contributed by atoms with Gasteiger partial charge in [0.05, 0.1) is 0 Å². The molecule has 2 aromatic rings. The first-order valence-electron chi connectivity index (χ1n) is 9.98. The minimum absolute atomic E-state index is 0.196. The van der Waals surface area contributed by atoms with Gasteiger partial charge in [-0.05, 0) is 55.0 Å². The summed E-state index contributed by atoms with van der Waals surface area (Å²) >= 11 is 0. The van der Waals surface area contributed by atoms with Crippen LogP contribution in [-0.4, -0.2) is 24.5 Å². The van der Waals surface area contributed by atoms with E-state index in [1.807, 2.05) is 62.4 Å². The smallest absolute Gasteiger partial charge is 0.279 e. The lowest BCUT2D eigenvalue weighted by atomic mass is 9.99. The molecule has 2 unspecified atom stereocenters. The number of ether oxygens (including phenoxy) is 2. The Balaban J connectivity index is 1.78. The molecule has 6 nitrogen and oxygen atoms in total. The van der Waals surface area contributed by atoms with E-state index in [1.54, 1.807) is 0 Å². The first kappa shape index (κ1) is 22.3. The monoisotopic (exact) mass is 398 g/mol. The zero-order valence-corrected chi connectivity index (χ0v) is 17.5. The quantitative estimate of drug-likeness (QED) is 0.628. The van der Waals surface area contributed by atoms with Crippen molar-refractivity contribution in [2.75, 3.05) is 6.61 Å². The maximum absolute atomic E-state index is 12.3. The Morgan fingerprint density at radius 2 is 1.66 bits per heavy atom. The molecule has 0 spiro atoms. The van der Waals surface area contributed by atoms with Gasteiger partial charge >= 0.3 is 0 Å². The number of carbonyl (C=O) groups excluding carboxylic acids is 2.